The Bertz CT molecular complexity index is 975. The Labute approximate surface area is 187 Å². The number of hydrogen-bond acceptors (Lipinski definition) is 4. The first-order chi connectivity index (χ1) is 15.5. The summed E-state index contributed by atoms with van der Waals surface area (Å²) in [6.07, 6.45) is 1.66. The van der Waals surface area contributed by atoms with E-state index in [1.165, 1.54) is 0 Å². The zero-order chi connectivity index (χ0) is 22.7. The third kappa shape index (κ3) is 4.47. The first-order valence-corrected chi connectivity index (χ1v) is 11.1. The molecule has 1 heterocycles. The van der Waals surface area contributed by atoms with Gasteiger partial charge in [-0.1, -0.05) is 48.5 Å². The fourth-order valence-electron chi connectivity index (χ4n) is 4.83. The monoisotopic (exact) mass is 436 g/mol. The van der Waals surface area contributed by atoms with Gasteiger partial charge in [-0.2, -0.15) is 0 Å². The predicted molar refractivity (Wildman–Crippen MR) is 119 cm³/mol. The van der Waals surface area contributed by atoms with E-state index in [0.29, 0.717) is 13.0 Å². The van der Waals surface area contributed by atoms with Crippen molar-refractivity contribution < 1.29 is 24.2 Å². The van der Waals surface area contributed by atoms with E-state index in [1.807, 2.05) is 36.4 Å². The molecule has 1 saturated heterocycles. The second-order valence-corrected chi connectivity index (χ2v) is 8.47. The van der Waals surface area contributed by atoms with E-state index in [1.54, 1.807) is 11.8 Å². The van der Waals surface area contributed by atoms with Crippen molar-refractivity contribution >= 4 is 18.0 Å². The summed E-state index contributed by atoms with van der Waals surface area (Å²) in [5, 5.41) is 11.8. The summed E-state index contributed by atoms with van der Waals surface area (Å²) >= 11 is 0. The molecule has 1 aliphatic carbocycles. The highest BCUT2D eigenvalue weighted by Crippen LogP contribution is 2.44. The molecule has 7 nitrogen and oxygen atoms in total. The number of nitrogens with zero attached hydrogens (tertiary/aromatic N) is 1. The molecule has 2 aromatic carbocycles. The van der Waals surface area contributed by atoms with Gasteiger partial charge >= 0.3 is 12.1 Å². The summed E-state index contributed by atoms with van der Waals surface area (Å²) in [6.45, 7) is 2.29. The normalized spacial score (nSPS) is 18.4. The average molecular weight is 437 g/mol. The number of carbonyl (C=O) groups excluding carboxylic acids is 2. The average Bonchev–Trinajstić information content (AvgIpc) is 3.11. The van der Waals surface area contributed by atoms with Crippen molar-refractivity contribution in [2.45, 2.75) is 50.6 Å². The van der Waals surface area contributed by atoms with Crippen molar-refractivity contribution in [1.82, 2.24) is 10.2 Å². The van der Waals surface area contributed by atoms with Gasteiger partial charge in [-0.25, -0.2) is 4.79 Å². The predicted octanol–water partition coefficient (Wildman–Crippen LogP) is 3.77. The number of carbonyl (C=O) groups is 3. The molecule has 7 heteroatoms. The number of hydrogen-bond donors (Lipinski definition) is 2. The minimum absolute atomic E-state index is 0.0544. The smallest absolute Gasteiger partial charge is 0.407 e. The number of nitrogens with one attached hydrogen (secondary N) is 1. The lowest BCUT2D eigenvalue weighted by Gasteiger charge is -2.36. The van der Waals surface area contributed by atoms with Crippen LogP contribution < -0.4 is 5.32 Å². The molecule has 168 valence electrons. The molecule has 0 radical (unpaired) electrons. The summed E-state index contributed by atoms with van der Waals surface area (Å²) in [6, 6.07) is 15.1. The van der Waals surface area contributed by atoms with Gasteiger partial charge < -0.3 is 20.1 Å². The van der Waals surface area contributed by atoms with Crippen molar-refractivity contribution in [2.75, 3.05) is 13.2 Å². The van der Waals surface area contributed by atoms with Crippen LogP contribution in [-0.4, -0.2) is 53.2 Å². The van der Waals surface area contributed by atoms with Gasteiger partial charge in [0.2, 0.25) is 5.91 Å². The molecule has 2 amide bonds. The van der Waals surface area contributed by atoms with Crippen molar-refractivity contribution in [3.05, 3.63) is 59.7 Å². The van der Waals surface area contributed by atoms with Crippen molar-refractivity contribution in [2.24, 2.45) is 0 Å². The Balaban J connectivity index is 1.37. The third-order valence-electron chi connectivity index (χ3n) is 6.37. The standard InChI is InChI=1S/C25H28N2O5/c1-16(24(30)27-13-7-6-8-17(27)14-23(28)29)26-25(31)32-15-22-20-11-4-2-9-18(20)19-10-3-5-12-21(19)22/h2-5,9-12,16-17,22H,6-8,13-15H2,1H3,(H,26,31)(H,28,29)/t16-,17+/m1/s1. The van der Waals surface area contributed by atoms with Crippen molar-refractivity contribution in [3.8, 4) is 11.1 Å². The van der Waals surface area contributed by atoms with Gasteiger partial charge in [-0.05, 0) is 48.4 Å². The second kappa shape index (κ2) is 9.42. The lowest BCUT2D eigenvalue weighted by molar-refractivity contribution is -0.142. The maximum atomic E-state index is 12.9. The summed E-state index contributed by atoms with van der Waals surface area (Å²) < 4.78 is 5.52. The number of benzene rings is 2. The number of aliphatic carboxylic acids is 1. The highest BCUT2D eigenvalue weighted by Gasteiger charge is 2.33. The van der Waals surface area contributed by atoms with Gasteiger partial charge in [-0.3, -0.25) is 9.59 Å². The first kappa shape index (κ1) is 21.9. The number of likely N-dealkylation sites (tertiary alicyclic amines) is 1. The molecule has 2 aromatic rings. The van der Waals surface area contributed by atoms with Crippen LogP contribution in [-0.2, 0) is 14.3 Å². The molecule has 2 N–H and O–H groups in total. The molecule has 0 unspecified atom stereocenters. The largest absolute Gasteiger partial charge is 0.481 e. The number of fused-ring (bicyclic) bond motifs is 3. The van der Waals surface area contributed by atoms with E-state index in [9.17, 15) is 14.4 Å². The molecule has 0 saturated carbocycles. The molecule has 4 rings (SSSR count). The number of piperidine rings is 1. The Kier molecular flexibility index (Phi) is 6.44. The van der Waals surface area contributed by atoms with Crippen LogP contribution in [0.15, 0.2) is 48.5 Å². The number of carboxylic acid groups (broad SMARTS) is 1. The van der Waals surface area contributed by atoms with Gasteiger partial charge in [0.25, 0.3) is 0 Å². The van der Waals surface area contributed by atoms with Crippen LogP contribution in [0.5, 0.6) is 0 Å². The number of amides is 2. The van der Waals surface area contributed by atoms with Gasteiger partial charge in [0.05, 0.1) is 6.42 Å². The molecule has 2 atom stereocenters. The van der Waals surface area contributed by atoms with E-state index in [0.717, 1.165) is 35.1 Å². The molecule has 1 fully saturated rings. The topological polar surface area (TPSA) is 95.9 Å². The van der Waals surface area contributed by atoms with Crippen LogP contribution in [0, 0.1) is 0 Å². The van der Waals surface area contributed by atoms with Gasteiger partial charge in [-0.15, -0.1) is 0 Å². The van der Waals surface area contributed by atoms with Gasteiger partial charge in [0.1, 0.15) is 12.6 Å². The third-order valence-corrected chi connectivity index (χ3v) is 6.37. The lowest BCUT2D eigenvalue weighted by atomic mass is 9.98. The van der Waals surface area contributed by atoms with E-state index in [4.69, 9.17) is 9.84 Å². The molecule has 0 aromatic heterocycles. The van der Waals surface area contributed by atoms with E-state index < -0.39 is 18.1 Å². The quantitative estimate of drug-likeness (QED) is 0.719. The van der Waals surface area contributed by atoms with Crippen LogP contribution in [0.25, 0.3) is 11.1 Å². The van der Waals surface area contributed by atoms with Crippen LogP contribution in [0.3, 0.4) is 0 Å². The Hall–Kier alpha value is -3.35. The van der Waals surface area contributed by atoms with Crippen LogP contribution in [0.2, 0.25) is 0 Å². The maximum Gasteiger partial charge on any atom is 0.407 e. The highest BCUT2D eigenvalue weighted by atomic mass is 16.5. The zero-order valence-corrected chi connectivity index (χ0v) is 18.1. The summed E-state index contributed by atoms with van der Waals surface area (Å²) in [4.78, 5) is 38.1. The molecule has 2 aliphatic rings. The fraction of sp³-hybridized carbons (Fsp3) is 0.400. The number of carboxylic acids is 1. The Morgan fingerprint density at radius 1 is 1.06 bits per heavy atom. The highest BCUT2D eigenvalue weighted by molar-refractivity contribution is 5.86. The minimum Gasteiger partial charge on any atom is -0.481 e. The Morgan fingerprint density at radius 2 is 1.69 bits per heavy atom. The maximum absolute atomic E-state index is 12.9. The van der Waals surface area contributed by atoms with Crippen LogP contribution >= 0.6 is 0 Å². The number of alkyl carbamates (subject to hydrolysis) is 1. The van der Waals surface area contributed by atoms with E-state index in [-0.39, 0.29) is 30.9 Å². The van der Waals surface area contributed by atoms with Crippen LogP contribution in [0.4, 0.5) is 4.79 Å². The molecular formula is C25H28N2O5. The second-order valence-electron chi connectivity index (χ2n) is 8.47. The summed E-state index contributed by atoms with van der Waals surface area (Å²) in [5.74, 6) is -1.25. The van der Waals surface area contributed by atoms with Crippen molar-refractivity contribution in [1.29, 1.82) is 0 Å². The SMILES string of the molecule is C[C@@H](NC(=O)OCC1c2ccccc2-c2ccccc21)C(=O)N1CCCC[C@H]1CC(=O)O. The lowest BCUT2D eigenvalue weighted by Crippen LogP contribution is -2.52. The van der Waals surface area contributed by atoms with E-state index in [2.05, 4.69) is 17.4 Å². The van der Waals surface area contributed by atoms with Crippen LogP contribution in [0.1, 0.15) is 49.7 Å². The zero-order valence-electron chi connectivity index (χ0n) is 18.1. The molecule has 32 heavy (non-hydrogen) atoms. The van der Waals surface area contributed by atoms with Gasteiger partial charge in [0.15, 0.2) is 0 Å². The molecule has 0 spiro atoms. The molecule has 0 bridgehead atoms. The summed E-state index contributed by atoms with van der Waals surface area (Å²) in [5.41, 5.74) is 4.54. The van der Waals surface area contributed by atoms with Crippen molar-refractivity contribution in [3.63, 3.8) is 0 Å². The molecular weight excluding hydrogens is 408 g/mol. The molecule has 1 aliphatic heterocycles. The fourth-order valence-corrected chi connectivity index (χ4v) is 4.83. The number of ether oxygens (including phenoxy) is 1. The summed E-state index contributed by atoms with van der Waals surface area (Å²) in [7, 11) is 0. The van der Waals surface area contributed by atoms with Gasteiger partial charge in [0, 0.05) is 18.5 Å². The Morgan fingerprint density at radius 3 is 2.31 bits per heavy atom. The van der Waals surface area contributed by atoms with E-state index >= 15 is 0 Å². The first-order valence-electron chi connectivity index (χ1n) is 11.1. The number of rotatable bonds is 6. The minimum atomic E-state index is -0.924.